The van der Waals surface area contributed by atoms with Gasteiger partial charge in [0.1, 0.15) is 5.75 Å². The number of likely N-dealkylation sites (tertiary alicyclic amines) is 1. The number of nitrogens with zero attached hydrogens (tertiary/aromatic N) is 1. The van der Waals surface area contributed by atoms with Crippen LogP contribution < -0.4 is 4.74 Å². The first-order valence-electron chi connectivity index (χ1n) is 10.2. The van der Waals surface area contributed by atoms with E-state index < -0.39 is 6.10 Å². The van der Waals surface area contributed by atoms with Gasteiger partial charge < -0.3 is 9.64 Å². The Morgan fingerprint density at radius 3 is 2.43 bits per heavy atom. The van der Waals surface area contributed by atoms with Crippen molar-refractivity contribution < 1.29 is 9.53 Å². The molecule has 0 N–H and O–H groups in total. The van der Waals surface area contributed by atoms with Gasteiger partial charge in [-0.1, -0.05) is 66.7 Å². The highest BCUT2D eigenvalue weighted by Crippen LogP contribution is 2.27. The van der Waals surface area contributed by atoms with E-state index in [2.05, 4.69) is 42.5 Å². The summed E-state index contributed by atoms with van der Waals surface area (Å²) in [6.45, 7) is 3.50. The summed E-state index contributed by atoms with van der Waals surface area (Å²) >= 11 is 0. The Morgan fingerprint density at radius 1 is 0.964 bits per heavy atom. The Labute approximate surface area is 166 Å². The van der Waals surface area contributed by atoms with Crippen LogP contribution in [0.4, 0.5) is 0 Å². The first-order chi connectivity index (χ1) is 13.7. The molecule has 0 unspecified atom stereocenters. The molecule has 0 aromatic heterocycles. The molecule has 1 atom stereocenters. The summed E-state index contributed by atoms with van der Waals surface area (Å²) in [4.78, 5) is 14.9. The highest BCUT2D eigenvalue weighted by Gasteiger charge is 2.27. The molecule has 28 heavy (non-hydrogen) atoms. The van der Waals surface area contributed by atoms with Crippen molar-refractivity contribution in [3.05, 3.63) is 78.4 Å². The number of benzene rings is 3. The zero-order chi connectivity index (χ0) is 19.3. The van der Waals surface area contributed by atoms with Crippen LogP contribution in [0.25, 0.3) is 10.8 Å². The van der Waals surface area contributed by atoms with Gasteiger partial charge in [-0.15, -0.1) is 0 Å². The number of amides is 1. The average Bonchev–Trinajstić information content (AvgIpc) is 2.75. The Morgan fingerprint density at radius 2 is 1.64 bits per heavy atom. The smallest absolute Gasteiger partial charge is 0.263 e. The van der Waals surface area contributed by atoms with E-state index in [0.29, 0.717) is 5.92 Å². The second-order valence-corrected chi connectivity index (χ2v) is 7.70. The van der Waals surface area contributed by atoms with Gasteiger partial charge in [0.05, 0.1) is 0 Å². The van der Waals surface area contributed by atoms with Crippen LogP contribution in [0.5, 0.6) is 5.75 Å². The Hall–Kier alpha value is -2.81. The minimum atomic E-state index is -0.475. The first kappa shape index (κ1) is 18.5. The van der Waals surface area contributed by atoms with Crippen molar-refractivity contribution >= 4 is 16.7 Å². The third-order valence-corrected chi connectivity index (χ3v) is 5.69. The predicted molar refractivity (Wildman–Crippen MR) is 113 cm³/mol. The molecule has 0 spiro atoms. The molecule has 3 heteroatoms. The third kappa shape index (κ3) is 4.19. The molecule has 4 rings (SSSR count). The lowest BCUT2D eigenvalue weighted by Gasteiger charge is -2.33. The van der Waals surface area contributed by atoms with Crippen LogP contribution in [-0.4, -0.2) is 30.0 Å². The van der Waals surface area contributed by atoms with Gasteiger partial charge in [0.15, 0.2) is 6.10 Å². The number of hydrogen-bond donors (Lipinski definition) is 0. The topological polar surface area (TPSA) is 29.5 Å². The molecule has 144 valence electrons. The zero-order valence-corrected chi connectivity index (χ0v) is 16.4. The SMILES string of the molecule is C[C@H](Oc1cccc2ccccc12)C(=O)N1CCC(Cc2ccccc2)CC1. The quantitative estimate of drug-likeness (QED) is 0.623. The lowest BCUT2D eigenvalue weighted by molar-refractivity contribution is -0.139. The van der Waals surface area contributed by atoms with Gasteiger partial charge in [-0.3, -0.25) is 4.79 Å². The van der Waals surface area contributed by atoms with Crippen LogP contribution >= 0.6 is 0 Å². The van der Waals surface area contributed by atoms with E-state index in [1.54, 1.807) is 0 Å². The number of carbonyl (C=O) groups is 1. The van der Waals surface area contributed by atoms with Crippen LogP contribution in [0.15, 0.2) is 72.8 Å². The molecule has 3 nitrogen and oxygen atoms in total. The summed E-state index contributed by atoms with van der Waals surface area (Å²) in [5, 5.41) is 2.17. The minimum absolute atomic E-state index is 0.0890. The van der Waals surface area contributed by atoms with E-state index in [1.165, 1.54) is 5.56 Å². The molecule has 0 bridgehead atoms. The molecule has 3 aromatic rings. The second-order valence-electron chi connectivity index (χ2n) is 7.70. The van der Waals surface area contributed by atoms with Crippen molar-refractivity contribution in [1.29, 1.82) is 0 Å². The summed E-state index contributed by atoms with van der Waals surface area (Å²) in [6.07, 6.45) is 2.74. The van der Waals surface area contributed by atoms with Gasteiger partial charge in [0.25, 0.3) is 5.91 Å². The fourth-order valence-electron chi connectivity index (χ4n) is 4.10. The summed E-state index contributed by atoms with van der Waals surface area (Å²) in [6, 6.07) is 24.7. The van der Waals surface area contributed by atoms with Crippen molar-refractivity contribution in [3.8, 4) is 5.75 Å². The van der Waals surface area contributed by atoms with Gasteiger partial charge in [-0.05, 0) is 49.1 Å². The summed E-state index contributed by atoms with van der Waals surface area (Å²) in [7, 11) is 0. The fraction of sp³-hybridized carbons (Fsp3) is 0.320. The molecule has 0 aliphatic carbocycles. The molecule has 1 aliphatic rings. The van der Waals surface area contributed by atoms with Gasteiger partial charge in [0.2, 0.25) is 0 Å². The highest BCUT2D eigenvalue weighted by atomic mass is 16.5. The maximum Gasteiger partial charge on any atom is 0.263 e. The molecule has 1 aliphatic heterocycles. The molecule has 1 saturated heterocycles. The number of piperidine rings is 1. The van der Waals surface area contributed by atoms with Gasteiger partial charge >= 0.3 is 0 Å². The predicted octanol–water partition coefficient (Wildman–Crippen LogP) is 5.09. The first-order valence-corrected chi connectivity index (χ1v) is 10.2. The van der Waals surface area contributed by atoms with Crippen LogP contribution in [0.2, 0.25) is 0 Å². The molecule has 1 heterocycles. The van der Waals surface area contributed by atoms with Crippen molar-refractivity contribution in [1.82, 2.24) is 4.90 Å². The molecular formula is C25H27NO2. The van der Waals surface area contributed by atoms with Gasteiger partial charge in [-0.2, -0.15) is 0 Å². The largest absolute Gasteiger partial charge is 0.480 e. The molecule has 3 aromatic carbocycles. The van der Waals surface area contributed by atoms with Crippen LogP contribution in [0.1, 0.15) is 25.3 Å². The summed E-state index contributed by atoms with van der Waals surface area (Å²) in [5.41, 5.74) is 1.39. The summed E-state index contributed by atoms with van der Waals surface area (Å²) < 4.78 is 6.07. The monoisotopic (exact) mass is 373 g/mol. The highest BCUT2D eigenvalue weighted by molar-refractivity contribution is 5.89. The van der Waals surface area contributed by atoms with E-state index in [4.69, 9.17) is 4.74 Å². The molecule has 1 amide bonds. The van der Waals surface area contributed by atoms with Gasteiger partial charge in [-0.25, -0.2) is 0 Å². The molecule has 0 radical (unpaired) electrons. The van der Waals surface area contributed by atoms with Crippen LogP contribution in [-0.2, 0) is 11.2 Å². The van der Waals surface area contributed by atoms with Crippen molar-refractivity contribution in [2.24, 2.45) is 5.92 Å². The van der Waals surface area contributed by atoms with E-state index in [9.17, 15) is 4.79 Å². The standard InChI is InChI=1S/C25H27NO2/c1-19(28-24-13-7-11-22-10-5-6-12-23(22)24)25(27)26-16-14-21(15-17-26)18-20-8-3-2-4-9-20/h2-13,19,21H,14-18H2,1H3/t19-/m0/s1. The average molecular weight is 373 g/mol. The van der Waals surface area contributed by atoms with Crippen molar-refractivity contribution in [2.75, 3.05) is 13.1 Å². The van der Waals surface area contributed by atoms with Crippen molar-refractivity contribution in [2.45, 2.75) is 32.3 Å². The number of carbonyl (C=O) groups excluding carboxylic acids is 1. The van der Waals surface area contributed by atoms with E-state index in [-0.39, 0.29) is 5.91 Å². The van der Waals surface area contributed by atoms with E-state index in [0.717, 1.165) is 48.9 Å². The maximum absolute atomic E-state index is 12.9. The second kappa shape index (κ2) is 8.47. The molecule has 1 fully saturated rings. The maximum atomic E-state index is 12.9. The molecule has 0 saturated carbocycles. The molecular weight excluding hydrogens is 346 g/mol. The van der Waals surface area contributed by atoms with Crippen molar-refractivity contribution in [3.63, 3.8) is 0 Å². The minimum Gasteiger partial charge on any atom is -0.480 e. The normalized spacial score (nSPS) is 16.1. The number of rotatable bonds is 5. The lowest BCUT2D eigenvalue weighted by atomic mass is 9.90. The Balaban J connectivity index is 1.34. The Kier molecular flexibility index (Phi) is 5.61. The van der Waals surface area contributed by atoms with E-state index in [1.807, 2.05) is 42.2 Å². The lowest BCUT2D eigenvalue weighted by Crippen LogP contribution is -2.45. The number of ether oxygens (including phenoxy) is 1. The van der Waals surface area contributed by atoms with Crippen LogP contribution in [0.3, 0.4) is 0 Å². The zero-order valence-electron chi connectivity index (χ0n) is 16.4. The number of hydrogen-bond acceptors (Lipinski definition) is 2. The fourth-order valence-corrected chi connectivity index (χ4v) is 4.10. The van der Waals surface area contributed by atoms with Gasteiger partial charge in [0, 0.05) is 18.5 Å². The number of fused-ring (bicyclic) bond motifs is 1. The van der Waals surface area contributed by atoms with E-state index >= 15 is 0 Å². The Bertz CT molecular complexity index is 924. The summed E-state index contributed by atoms with van der Waals surface area (Å²) in [5.74, 6) is 1.52. The van der Waals surface area contributed by atoms with Crippen LogP contribution in [0, 0.1) is 5.92 Å². The third-order valence-electron chi connectivity index (χ3n) is 5.69.